The van der Waals surface area contributed by atoms with Gasteiger partial charge in [0.15, 0.2) is 0 Å². The van der Waals surface area contributed by atoms with Gasteiger partial charge in [0.25, 0.3) is 0 Å². The number of rotatable bonds is 4. The van der Waals surface area contributed by atoms with E-state index in [1.165, 1.54) is 12.8 Å². The second-order valence-electron chi connectivity index (χ2n) is 8.18. The van der Waals surface area contributed by atoms with Gasteiger partial charge >= 0.3 is 12.1 Å². The number of amides is 1. The summed E-state index contributed by atoms with van der Waals surface area (Å²) in [7, 11) is 0. The predicted octanol–water partition coefficient (Wildman–Crippen LogP) is 2.90. The van der Waals surface area contributed by atoms with Gasteiger partial charge in [-0.1, -0.05) is 0 Å². The number of nitrogens with zero attached hydrogens (tertiary/aromatic N) is 2. The van der Waals surface area contributed by atoms with Crippen molar-refractivity contribution in [3.63, 3.8) is 0 Å². The Morgan fingerprint density at radius 3 is 2.43 bits per heavy atom. The van der Waals surface area contributed by atoms with E-state index in [1.807, 2.05) is 12.1 Å². The minimum atomic E-state index is -5.08. The Labute approximate surface area is 172 Å². The maximum absolute atomic E-state index is 12.2. The number of carboxylic acids is 1. The van der Waals surface area contributed by atoms with Gasteiger partial charge in [0.2, 0.25) is 5.91 Å². The summed E-state index contributed by atoms with van der Waals surface area (Å²) in [5, 5.41) is 7.12. The van der Waals surface area contributed by atoms with E-state index in [-0.39, 0.29) is 24.2 Å². The molecular weight excluding hydrogens is 405 g/mol. The molecule has 3 heterocycles. The lowest BCUT2D eigenvalue weighted by Gasteiger charge is -2.51. The van der Waals surface area contributed by atoms with Crippen LogP contribution in [0.3, 0.4) is 0 Å². The molecule has 168 valence electrons. The highest BCUT2D eigenvalue weighted by Crippen LogP contribution is 2.38. The maximum Gasteiger partial charge on any atom is 0.490 e. The van der Waals surface area contributed by atoms with Crippen molar-refractivity contribution >= 4 is 11.9 Å². The van der Waals surface area contributed by atoms with E-state index >= 15 is 0 Å². The molecule has 0 radical (unpaired) electrons. The number of carboxylic acid groups (broad SMARTS) is 1. The Hall–Kier alpha value is -2.07. The number of hydrogen-bond donors (Lipinski definition) is 1. The van der Waals surface area contributed by atoms with Crippen molar-refractivity contribution in [3.8, 4) is 0 Å². The molecule has 4 rings (SSSR count). The molecule has 0 bridgehead atoms. The van der Waals surface area contributed by atoms with Crippen LogP contribution in [0, 0.1) is 5.92 Å². The summed E-state index contributed by atoms with van der Waals surface area (Å²) in [4.78, 5) is 25.7. The van der Waals surface area contributed by atoms with Gasteiger partial charge < -0.3 is 19.2 Å². The zero-order chi connectivity index (χ0) is 21.9. The number of carbonyl (C=O) groups excluding carboxylic acids is 1. The van der Waals surface area contributed by atoms with Crippen LogP contribution in [-0.4, -0.2) is 70.8 Å². The van der Waals surface area contributed by atoms with E-state index in [9.17, 15) is 18.0 Å². The maximum atomic E-state index is 12.2. The van der Waals surface area contributed by atoms with Gasteiger partial charge in [-0.2, -0.15) is 13.2 Å². The van der Waals surface area contributed by atoms with E-state index in [2.05, 4.69) is 16.7 Å². The summed E-state index contributed by atoms with van der Waals surface area (Å²) in [6.45, 7) is 6.23. The Morgan fingerprint density at radius 1 is 1.30 bits per heavy atom. The molecule has 2 saturated heterocycles. The molecule has 1 saturated carbocycles. The first-order valence-electron chi connectivity index (χ1n) is 10.1. The average molecular weight is 432 g/mol. The van der Waals surface area contributed by atoms with Gasteiger partial charge in [-0.05, 0) is 50.7 Å². The molecule has 7 nitrogen and oxygen atoms in total. The molecule has 0 aromatic carbocycles. The van der Waals surface area contributed by atoms with Crippen LogP contribution in [0.4, 0.5) is 13.2 Å². The third-order valence-corrected chi connectivity index (χ3v) is 6.09. The molecule has 1 amide bonds. The smallest absolute Gasteiger partial charge is 0.475 e. The van der Waals surface area contributed by atoms with Gasteiger partial charge in [0.05, 0.1) is 24.5 Å². The van der Waals surface area contributed by atoms with Crippen molar-refractivity contribution < 1.29 is 37.0 Å². The van der Waals surface area contributed by atoms with Crippen molar-refractivity contribution in [1.82, 2.24) is 9.80 Å². The molecule has 1 aromatic heterocycles. The number of piperidine rings is 1. The number of morpholine rings is 1. The van der Waals surface area contributed by atoms with Crippen molar-refractivity contribution in [3.05, 3.63) is 24.2 Å². The van der Waals surface area contributed by atoms with Gasteiger partial charge in [-0.3, -0.25) is 9.69 Å². The Morgan fingerprint density at radius 2 is 1.93 bits per heavy atom. The molecule has 1 unspecified atom stereocenters. The number of hydrogen-bond acceptors (Lipinski definition) is 5. The van der Waals surface area contributed by atoms with Crippen LogP contribution in [0.5, 0.6) is 0 Å². The lowest BCUT2D eigenvalue weighted by Crippen LogP contribution is -2.64. The Kier molecular flexibility index (Phi) is 6.76. The van der Waals surface area contributed by atoms with Crippen LogP contribution in [0.2, 0.25) is 0 Å². The van der Waals surface area contributed by atoms with Gasteiger partial charge in [-0.15, -0.1) is 0 Å². The zero-order valence-electron chi connectivity index (χ0n) is 16.9. The fraction of sp³-hybridized carbons (Fsp3) is 0.700. The van der Waals surface area contributed by atoms with Crippen LogP contribution in [-0.2, 0) is 20.9 Å². The standard InChI is InChI=1S/C18H26N2O3.C2HF3O2/c1-14-18(23-13-17(21)20(14)11-15-4-5-15)6-8-19(9-7-18)12-16-3-2-10-22-16;3-2(4,5)1(6)7/h2-3,10,14-15H,4-9,11-13H2,1H3;(H,6,7). The van der Waals surface area contributed by atoms with Gasteiger partial charge in [0, 0.05) is 19.6 Å². The lowest BCUT2D eigenvalue weighted by atomic mass is 9.82. The number of likely N-dealkylation sites (tertiary alicyclic amines) is 1. The fourth-order valence-electron chi connectivity index (χ4n) is 4.02. The van der Waals surface area contributed by atoms with Crippen LogP contribution >= 0.6 is 0 Å². The first kappa shape index (κ1) is 22.6. The molecule has 2 aliphatic heterocycles. The predicted molar refractivity (Wildman–Crippen MR) is 99.5 cm³/mol. The third-order valence-electron chi connectivity index (χ3n) is 6.09. The molecule has 3 aliphatic rings. The normalized spacial score (nSPS) is 24.5. The summed E-state index contributed by atoms with van der Waals surface area (Å²) < 4.78 is 43.3. The molecule has 10 heteroatoms. The van der Waals surface area contributed by atoms with E-state index in [0.29, 0.717) is 0 Å². The first-order valence-corrected chi connectivity index (χ1v) is 10.1. The monoisotopic (exact) mass is 432 g/mol. The van der Waals surface area contributed by atoms with Crippen LogP contribution < -0.4 is 0 Å². The number of alkyl halides is 3. The molecule has 30 heavy (non-hydrogen) atoms. The molecule has 1 atom stereocenters. The topological polar surface area (TPSA) is 83.2 Å². The number of halogens is 3. The summed E-state index contributed by atoms with van der Waals surface area (Å²) in [5.41, 5.74) is -0.150. The van der Waals surface area contributed by atoms with Crippen molar-refractivity contribution in [1.29, 1.82) is 0 Å². The Bertz CT molecular complexity index is 725. The number of carbonyl (C=O) groups is 2. The molecular formula is C20H27F3N2O5. The first-order chi connectivity index (χ1) is 14.1. The number of furan rings is 1. The molecule has 1 spiro atoms. The average Bonchev–Trinajstić information content (AvgIpc) is 3.37. The minimum Gasteiger partial charge on any atom is -0.475 e. The zero-order valence-corrected chi connectivity index (χ0v) is 16.9. The molecule has 1 N–H and O–H groups in total. The highest BCUT2D eigenvalue weighted by atomic mass is 19.4. The van der Waals surface area contributed by atoms with Crippen molar-refractivity contribution in [2.45, 2.75) is 57.0 Å². The number of aliphatic carboxylic acids is 1. The fourth-order valence-corrected chi connectivity index (χ4v) is 4.02. The Balaban J connectivity index is 0.000000318. The summed E-state index contributed by atoms with van der Waals surface area (Å²) in [5.74, 6) is -0.833. The summed E-state index contributed by atoms with van der Waals surface area (Å²) >= 11 is 0. The van der Waals surface area contributed by atoms with E-state index in [0.717, 1.165) is 50.7 Å². The van der Waals surface area contributed by atoms with E-state index < -0.39 is 12.1 Å². The third kappa shape index (κ3) is 5.54. The second-order valence-corrected chi connectivity index (χ2v) is 8.18. The quantitative estimate of drug-likeness (QED) is 0.788. The lowest BCUT2D eigenvalue weighted by molar-refractivity contribution is -0.192. The molecule has 3 fully saturated rings. The van der Waals surface area contributed by atoms with Crippen LogP contribution in [0.15, 0.2) is 22.8 Å². The van der Waals surface area contributed by atoms with E-state index in [4.69, 9.17) is 19.1 Å². The highest BCUT2D eigenvalue weighted by molar-refractivity contribution is 5.78. The van der Waals surface area contributed by atoms with Gasteiger partial charge in [0.1, 0.15) is 12.4 Å². The van der Waals surface area contributed by atoms with Crippen LogP contribution in [0.25, 0.3) is 0 Å². The van der Waals surface area contributed by atoms with Crippen LogP contribution in [0.1, 0.15) is 38.4 Å². The minimum absolute atomic E-state index is 0.150. The highest BCUT2D eigenvalue weighted by Gasteiger charge is 2.48. The summed E-state index contributed by atoms with van der Waals surface area (Å²) in [6.07, 6.45) is 1.18. The van der Waals surface area contributed by atoms with Crippen molar-refractivity contribution in [2.24, 2.45) is 5.92 Å². The molecule has 1 aliphatic carbocycles. The molecule has 1 aromatic rings. The largest absolute Gasteiger partial charge is 0.490 e. The van der Waals surface area contributed by atoms with E-state index in [1.54, 1.807) is 6.26 Å². The SMILES string of the molecule is CC1N(CC2CC2)C(=O)COC12CCN(Cc1ccco1)CC2.O=C(O)C(F)(F)F. The van der Waals surface area contributed by atoms with Gasteiger partial charge in [-0.25, -0.2) is 4.79 Å². The number of ether oxygens (including phenoxy) is 1. The summed E-state index contributed by atoms with van der Waals surface area (Å²) in [6, 6.07) is 4.16. The second kappa shape index (κ2) is 8.97. The van der Waals surface area contributed by atoms with Crippen molar-refractivity contribution in [2.75, 3.05) is 26.2 Å².